The van der Waals surface area contributed by atoms with Gasteiger partial charge in [0.2, 0.25) is 0 Å². The molecule has 1 aliphatic heterocycles. The van der Waals surface area contributed by atoms with E-state index in [9.17, 15) is 9.59 Å². The SMILES string of the molecule is O=C1C=C(C2CCCCC2)C(=O)N1.c1ccc2cc3ccccc3cc2c1. The van der Waals surface area contributed by atoms with Gasteiger partial charge in [0.25, 0.3) is 11.8 Å². The van der Waals surface area contributed by atoms with E-state index >= 15 is 0 Å². The standard InChI is InChI=1S/C14H10.C10H13NO2/c1-2-6-12-10-14-8-4-3-7-13(14)9-11(12)5-1;12-9-6-8(10(13)11-9)7-4-2-1-3-5-7/h1-10H;6-7H,1-5H2,(H,11,12,13). The van der Waals surface area contributed by atoms with Crippen LogP contribution in [-0.2, 0) is 9.59 Å². The first-order valence-corrected chi connectivity index (χ1v) is 9.65. The van der Waals surface area contributed by atoms with E-state index in [1.165, 1.54) is 46.9 Å². The number of benzene rings is 3. The smallest absolute Gasteiger partial charge is 0.254 e. The fourth-order valence-corrected chi connectivity index (χ4v) is 4.03. The van der Waals surface area contributed by atoms with Gasteiger partial charge in [-0.05, 0) is 52.4 Å². The van der Waals surface area contributed by atoms with E-state index in [-0.39, 0.29) is 11.8 Å². The fraction of sp³-hybridized carbons (Fsp3) is 0.250. The van der Waals surface area contributed by atoms with Gasteiger partial charge in [0, 0.05) is 11.6 Å². The lowest BCUT2D eigenvalue weighted by atomic mass is 9.84. The predicted octanol–water partition coefficient (Wildman–Crippen LogP) is 5.14. The number of hydrogen-bond acceptors (Lipinski definition) is 2. The molecule has 0 saturated heterocycles. The van der Waals surface area contributed by atoms with Crippen LogP contribution < -0.4 is 5.32 Å². The molecule has 0 unspecified atom stereocenters. The molecule has 3 aromatic carbocycles. The molecular weight excluding hydrogens is 334 g/mol. The van der Waals surface area contributed by atoms with Crippen molar-refractivity contribution in [3.8, 4) is 0 Å². The number of imide groups is 1. The van der Waals surface area contributed by atoms with E-state index in [2.05, 4.69) is 66.0 Å². The molecule has 27 heavy (non-hydrogen) atoms. The molecule has 2 amide bonds. The van der Waals surface area contributed by atoms with Gasteiger partial charge in [0.15, 0.2) is 0 Å². The molecule has 1 fully saturated rings. The monoisotopic (exact) mass is 357 g/mol. The molecule has 1 saturated carbocycles. The van der Waals surface area contributed by atoms with E-state index < -0.39 is 0 Å². The van der Waals surface area contributed by atoms with Gasteiger partial charge in [0.05, 0.1) is 0 Å². The Morgan fingerprint density at radius 2 is 1.19 bits per heavy atom. The maximum Gasteiger partial charge on any atom is 0.254 e. The van der Waals surface area contributed by atoms with Crippen molar-refractivity contribution < 1.29 is 9.59 Å². The van der Waals surface area contributed by atoms with Crippen LogP contribution in [0.3, 0.4) is 0 Å². The summed E-state index contributed by atoms with van der Waals surface area (Å²) in [5.41, 5.74) is 0.713. The zero-order valence-electron chi connectivity index (χ0n) is 15.3. The number of carbonyl (C=O) groups is 2. The zero-order valence-corrected chi connectivity index (χ0v) is 15.3. The second kappa shape index (κ2) is 7.75. The lowest BCUT2D eigenvalue weighted by Gasteiger charge is -2.21. The first-order valence-electron chi connectivity index (χ1n) is 9.65. The molecule has 1 heterocycles. The first kappa shape index (κ1) is 17.5. The molecule has 1 N–H and O–H groups in total. The number of fused-ring (bicyclic) bond motifs is 2. The van der Waals surface area contributed by atoms with Crippen molar-refractivity contribution in [2.24, 2.45) is 5.92 Å². The van der Waals surface area contributed by atoms with Gasteiger partial charge >= 0.3 is 0 Å². The number of nitrogens with one attached hydrogen (secondary N) is 1. The fourth-order valence-electron chi connectivity index (χ4n) is 4.03. The average Bonchev–Trinajstić information content (AvgIpc) is 3.05. The van der Waals surface area contributed by atoms with Crippen LogP contribution in [0.4, 0.5) is 0 Å². The van der Waals surface area contributed by atoms with Crippen molar-refractivity contribution in [1.82, 2.24) is 5.32 Å². The van der Waals surface area contributed by atoms with E-state index in [0.29, 0.717) is 11.5 Å². The normalized spacial score (nSPS) is 17.4. The van der Waals surface area contributed by atoms with Gasteiger partial charge in [0.1, 0.15) is 0 Å². The highest BCUT2D eigenvalue weighted by Gasteiger charge is 2.28. The third-order valence-corrected chi connectivity index (χ3v) is 5.44. The molecule has 5 rings (SSSR count). The second-order valence-corrected chi connectivity index (χ2v) is 7.30. The predicted molar refractivity (Wildman–Crippen MR) is 109 cm³/mol. The van der Waals surface area contributed by atoms with Crippen LogP contribution in [0.5, 0.6) is 0 Å². The highest BCUT2D eigenvalue weighted by molar-refractivity contribution is 6.16. The highest BCUT2D eigenvalue weighted by atomic mass is 16.2. The van der Waals surface area contributed by atoms with Gasteiger partial charge in [-0.2, -0.15) is 0 Å². The Kier molecular flexibility index (Phi) is 5.01. The molecule has 3 nitrogen and oxygen atoms in total. The number of rotatable bonds is 1. The van der Waals surface area contributed by atoms with Crippen molar-refractivity contribution in [2.45, 2.75) is 32.1 Å². The Bertz CT molecular complexity index is 924. The quantitative estimate of drug-likeness (QED) is 0.484. The molecule has 3 heteroatoms. The van der Waals surface area contributed by atoms with Gasteiger partial charge in [-0.25, -0.2) is 0 Å². The van der Waals surface area contributed by atoms with Crippen molar-refractivity contribution in [3.63, 3.8) is 0 Å². The number of carbonyl (C=O) groups excluding carboxylic acids is 2. The van der Waals surface area contributed by atoms with Gasteiger partial charge in [-0.15, -0.1) is 0 Å². The third kappa shape index (κ3) is 3.92. The summed E-state index contributed by atoms with van der Waals surface area (Å²) in [6.45, 7) is 0. The van der Waals surface area contributed by atoms with Crippen LogP contribution in [0.15, 0.2) is 72.3 Å². The molecule has 136 valence electrons. The van der Waals surface area contributed by atoms with Crippen molar-refractivity contribution >= 4 is 33.4 Å². The van der Waals surface area contributed by atoms with E-state index in [1.54, 1.807) is 0 Å². The Labute approximate surface area is 159 Å². The Morgan fingerprint density at radius 1 is 0.704 bits per heavy atom. The summed E-state index contributed by atoms with van der Waals surface area (Å²) in [7, 11) is 0. The molecule has 3 aromatic rings. The van der Waals surface area contributed by atoms with E-state index in [1.807, 2.05) is 0 Å². The Morgan fingerprint density at radius 3 is 1.59 bits per heavy atom. The lowest BCUT2D eigenvalue weighted by Crippen LogP contribution is -2.24. The van der Waals surface area contributed by atoms with Crippen LogP contribution in [0, 0.1) is 5.92 Å². The summed E-state index contributed by atoms with van der Waals surface area (Å²) in [6, 6.07) is 21.4. The van der Waals surface area contributed by atoms with Crippen molar-refractivity contribution in [1.29, 1.82) is 0 Å². The van der Waals surface area contributed by atoms with Crippen molar-refractivity contribution in [3.05, 3.63) is 72.3 Å². The molecule has 0 aromatic heterocycles. The van der Waals surface area contributed by atoms with Crippen LogP contribution in [0.25, 0.3) is 21.5 Å². The lowest BCUT2D eigenvalue weighted by molar-refractivity contribution is -0.124. The number of hydrogen-bond donors (Lipinski definition) is 1. The summed E-state index contributed by atoms with van der Waals surface area (Å²) in [6.07, 6.45) is 7.23. The summed E-state index contributed by atoms with van der Waals surface area (Å²) >= 11 is 0. The first-order chi connectivity index (χ1) is 13.2. The van der Waals surface area contributed by atoms with Crippen LogP contribution in [-0.4, -0.2) is 11.8 Å². The van der Waals surface area contributed by atoms with E-state index in [0.717, 1.165) is 12.8 Å². The van der Waals surface area contributed by atoms with Gasteiger partial charge in [-0.1, -0.05) is 67.8 Å². The van der Waals surface area contributed by atoms with Crippen LogP contribution >= 0.6 is 0 Å². The van der Waals surface area contributed by atoms with Crippen molar-refractivity contribution in [2.75, 3.05) is 0 Å². The van der Waals surface area contributed by atoms with Crippen LogP contribution in [0.1, 0.15) is 32.1 Å². The van der Waals surface area contributed by atoms with Gasteiger partial charge < -0.3 is 0 Å². The largest absolute Gasteiger partial charge is 0.289 e. The zero-order chi connectivity index (χ0) is 18.6. The topological polar surface area (TPSA) is 46.2 Å². The van der Waals surface area contributed by atoms with E-state index in [4.69, 9.17) is 0 Å². The Balaban J connectivity index is 0.000000134. The highest BCUT2D eigenvalue weighted by Crippen LogP contribution is 2.30. The minimum Gasteiger partial charge on any atom is -0.289 e. The third-order valence-electron chi connectivity index (χ3n) is 5.44. The molecule has 0 radical (unpaired) electrons. The molecule has 0 spiro atoms. The molecule has 0 atom stereocenters. The molecular formula is C24H23NO2. The van der Waals surface area contributed by atoms with Gasteiger partial charge in [-0.3, -0.25) is 14.9 Å². The molecule has 2 aliphatic rings. The number of amides is 2. The maximum atomic E-state index is 11.3. The summed E-state index contributed by atoms with van der Waals surface area (Å²) in [5, 5.41) is 7.54. The summed E-state index contributed by atoms with van der Waals surface area (Å²) in [5.74, 6) is -0.0809. The van der Waals surface area contributed by atoms with Crippen LogP contribution in [0.2, 0.25) is 0 Å². The minimum absolute atomic E-state index is 0.170. The average molecular weight is 357 g/mol. The second-order valence-electron chi connectivity index (χ2n) is 7.30. The molecule has 0 bridgehead atoms. The summed E-state index contributed by atoms with van der Waals surface area (Å²) in [4.78, 5) is 22.2. The summed E-state index contributed by atoms with van der Waals surface area (Å²) < 4.78 is 0. The minimum atomic E-state index is -0.245. The Hall–Kier alpha value is -2.94. The molecule has 1 aliphatic carbocycles. The maximum absolute atomic E-state index is 11.3.